The van der Waals surface area contributed by atoms with Crippen LogP contribution in [-0.2, 0) is 19.4 Å². The number of carbonyl (C=O) groups is 3. The average molecular weight is 501 g/mol. The van der Waals surface area contributed by atoms with Gasteiger partial charge in [0, 0.05) is 36.2 Å². The van der Waals surface area contributed by atoms with Gasteiger partial charge in [-0.3, -0.25) is 14.4 Å². The molecule has 2 saturated heterocycles. The normalized spacial score (nSPS) is 23.1. The van der Waals surface area contributed by atoms with E-state index in [-0.39, 0.29) is 36.9 Å². The van der Waals surface area contributed by atoms with Crippen LogP contribution in [0.15, 0.2) is 24.3 Å². The molecule has 4 unspecified atom stereocenters. The molecule has 2 fully saturated rings. The lowest BCUT2D eigenvalue weighted by Gasteiger charge is -2.25. The fourth-order valence-electron chi connectivity index (χ4n) is 4.75. The Morgan fingerprint density at radius 3 is 2.77 bits per heavy atom. The number of likely N-dealkylation sites (tertiary alicyclic amines) is 1. The smallest absolute Gasteiger partial charge is 0.271 e. The number of hydrogen-bond acceptors (Lipinski definition) is 6. The van der Waals surface area contributed by atoms with Gasteiger partial charge < -0.3 is 25.3 Å². The third kappa shape index (κ3) is 4.98. The Kier molecular flexibility index (Phi) is 6.76. The van der Waals surface area contributed by atoms with Crippen molar-refractivity contribution in [2.24, 2.45) is 5.92 Å². The maximum Gasteiger partial charge on any atom is 0.271 e. The van der Waals surface area contributed by atoms with Gasteiger partial charge in [0.2, 0.25) is 11.8 Å². The Labute approximate surface area is 203 Å². The molecule has 3 amide bonds. The highest BCUT2D eigenvalue weighted by molar-refractivity contribution is 7.91. The van der Waals surface area contributed by atoms with E-state index in [9.17, 15) is 22.8 Å². The van der Waals surface area contributed by atoms with Gasteiger partial charge in [0.1, 0.15) is 17.5 Å². The van der Waals surface area contributed by atoms with Crippen LogP contribution in [0, 0.1) is 18.3 Å². The largest absolute Gasteiger partial charge is 0.496 e. The molecule has 3 heterocycles. The van der Waals surface area contributed by atoms with E-state index in [1.54, 1.807) is 24.3 Å². The standard InChI is InChI=1S/C24H28N4O6S/c1-4-15(10-14-8-9-25-22(14)29)26-23(30)20-11-16(35(3,32)33)13-28(20)24(31)19-12-17-18(27-19)6-5-7-21(17)34-2/h1,5-7,12,14-16,20,27H,8-11,13H2,2-3H3,(H,25,29)(H,26,30). The van der Waals surface area contributed by atoms with Crippen LogP contribution in [-0.4, -0.2) is 79.8 Å². The van der Waals surface area contributed by atoms with Gasteiger partial charge in [-0.2, -0.15) is 0 Å². The number of terminal acetylenes is 1. The molecule has 4 atom stereocenters. The van der Waals surface area contributed by atoms with Crippen LogP contribution >= 0.6 is 0 Å². The number of amides is 3. The van der Waals surface area contributed by atoms with E-state index in [2.05, 4.69) is 21.5 Å². The van der Waals surface area contributed by atoms with Crippen LogP contribution in [0.2, 0.25) is 0 Å². The van der Waals surface area contributed by atoms with Crippen molar-refractivity contribution >= 4 is 38.5 Å². The molecule has 3 N–H and O–H groups in total. The third-order valence-corrected chi connectivity index (χ3v) is 8.26. The van der Waals surface area contributed by atoms with E-state index in [0.29, 0.717) is 29.6 Å². The lowest BCUT2D eigenvalue weighted by molar-refractivity contribution is -0.126. The van der Waals surface area contributed by atoms with Crippen LogP contribution < -0.4 is 15.4 Å². The molecule has 1 aromatic carbocycles. The van der Waals surface area contributed by atoms with Gasteiger partial charge in [-0.25, -0.2) is 8.42 Å². The first-order valence-electron chi connectivity index (χ1n) is 11.3. The summed E-state index contributed by atoms with van der Waals surface area (Å²) in [6.45, 7) is 0.443. The SMILES string of the molecule is C#CC(CC1CCNC1=O)NC(=O)C1CC(S(C)(=O)=O)CN1C(=O)c1cc2c(OC)cccc2[nH]1. The summed E-state index contributed by atoms with van der Waals surface area (Å²) in [4.78, 5) is 42.9. The number of hydrogen-bond donors (Lipinski definition) is 3. The molecule has 2 aromatic rings. The number of aromatic amines is 1. The summed E-state index contributed by atoms with van der Waals surface area (Å²) in [5, 5.41) is 5.28. The van der Waals surface area contributed by atoms with Crippen LogP contribution in [0.1, 0.15) is 29.8 Å². The summed E-state index contributed by atoms with van der Waals surface area (Å²) < 4.78 is 30.0. The minimum atomic E-state index is -3.51. The number of methoxy groups -OCH3 is 1. The summed E-state index contributed by atoms with van der Waals surface area (Å²) in [5.41, 5.74) is 0.891. The second kappa shape index (κ2) is 9.62. The molecule has 0 bridgehead atoms. The predicted octanol–water partition coefficient (Wildman–Crippen LogP) is 0.448. The molecule has 2 aliphatic heterocycles. The second-order valence-electron chi connectivity index (χ2n) is 9.01. The summed E-state index contributed by atoms with van der Waals surface area (Å²) in [6, 6.07) is 5.22. The molecular weight excluding hydrogens is 472 g/mol. The van der Waals surface area contributed by atoms with E-state index in [1.807, 2.05) is 0 Å². The van der Waals surface area contributed by atoms with Crippen LogP contribution in [0.5, 0.6) is 5.75 Å². The topological polar surface area (TPSA) is 138 Å². The van der Waals surface area contributed by atoms with Gasteiger partial charge in [-0.1, -0.05) is 12.0 Å². The fourth-order valence-corrected chi connectivity index (χ4v) is 5.71. The first-order chi connectivity index (χ1) is 16.6. The van der Waals surface area contributed by atoms with Gasteiger partial charge in [-0.05, 0) is 37.5 Å². The Bertz CT molecular complexity index is 1310. The highest BCUT2D eigenvalue weighted by Crippen LogP contribution is 2.29. The molecular formula is C24H28N4O6S. The summed E-state index contributed by atoms with van der Waals surface area (Å²) in [6.07, 6.45) is 7.56. The number of aromatic nitrogens is 1. The molecule has 11 heteroatoms. The zero-order chi connectivity index (χ0) is 25.3. The number of ether oxygens (including phenoxy) is 1. The molecule has 0 saturated carbocycles. The second-order valence-corrected chi connectivity index (χ2v) is 11.3. The van der Waals surface area contributed by atoms with Crippen molar-refractivity contribution in [2.45, 2.75) is 36.6 Å². The number of rotatable bonds is 7. The van der Waals surface area contributed by atoms with Crippen molar-refractivity contribution in [3.63, 3.8) is 0 Å². The molecule has 0 aliphatic carbocycles. The van der Waals surface area contributed by atoms with Gasteiger partial charge in [0.15, 0.2) is 9.84 Å². The molecule has 1 aromatic heterocycles. The number of nitrogens with zero attached hydrogens (tertiary/aromatic N) is 1. The van der Waals surface area contributed by atoms with E-state index >= 15 is 0 Å². The van der Waals surface area contributed by atoms with E-state index in [4.69, 9.17) is 11.2 Å². The van der Waals surface area contributed by atoms with Gasteiger partial charge in [0.05, 0.1) is 18.4 Å². The number of nitrogens with one attached hydrogen (secondary N) is 3. The van der Waals surface area contributed by atoms with E-state index < -0.39 is 39.0 Å². The molecule has 10 nitrogen and oxygen atoms in total. The van der Waals surface area contributed by atoms with Crippen molar-refractivity contribution in [1.82, 2.24) is 20.5 Å². The number of H-pyrrole nitrogens is 1. The maximum absolute atomic E-state index is 13.5. The Balaban J connectivity index is 1.58. The molecule has 0 radical (unpaired) electrons. The molecule has 0 spiro atoms. The third-order valence-electron chi connectivity index (χ3n) is 6.71. The summed E-state index contributed by atoms with van der Waals surface area (Å²) in [7, 11) is -1.98. The molecule has 186 valence electrons. The Hall–Kier alpha value is -3.52. The maximum atomic E-state index is 13.5. The van der Waals surface area contributed by atoms with Crippen LogP contribution in [0.3, 0.4) is 0 Å². The Morgan fingerprint density at radius 2 is 2.14 bits per heavy atom. The van der Waals surface area contributed by atoms with Crippen molar-refractivity contribution in [1.29, 1.82) is 0 Å². The van der Waals surface area contributed by atoms with Crippen molar-refractivity contribution in [2.75, 3.05) is 26.5 Å². The lowest BCUT2D eigenvalue weighted by Crippen LogP contribution is -2.49. The van der Waals surface area contributed by atoms with Gasteiger partial charge >= 0.3 is 0 Å². The zero-order valence-corrected chi connectivity index (χ0v) is 20.4. The first kappa shape index (κ1) is 24.6. The Morgan fingerprint density at radius 1 is 1.37 bits per heavy atom. The van der Waals surface area contributed by atoms with Crippen molar-refractivity contribution < 1.29 is 27.5 Å². The molecule has 2 aliphatic rings. The highest BCUT2D eigenvalue weighted by atomic mass is 32.2. The number of fused-ring (bicyclic) bond motifs is 1. The number of carbonyl (C=O) groups excluding carboxylic acids is 3. The zero-order valence-electron chi connectivity index (χ0n) is 19.5. The molecule has 35 heavy (non-hydrogen) atoms. The predicted molar refractivity (Wildman–Crippen MR) is 129 cm³/mol. The minimum Gasteiger partial charge on any atom is -0.496 e. The van der Waals surface area contributed by atoms with Crippen molar-refractivity contribution in [3.05, 3.63) is 30.0 Å². The summed E-state index contributed by atoms with van der Waals surface area (Å²) >= 11 is 0. The quantitative estimate of drug-likeness (QED) is 0.472. The van der Waals surface area contributed by atoms with E-state index in [1.165, 1.54) is 12.0 Å². The van der Waals surface area contributed by atoms with E-state index in [0.717, 1.165) is 6.26 Å². The van der Waals surface area contributed by atoms with Crippen LogP contribution in [0.4, 0.5) is 0 Å². The number of sulfone groups is 1. The average Bonchev–Trinajstić information content (AvgIpc) is 3.55. The minimum absolute atomic E-state index is 0.0405. The number of benzene rings is 1. The fraction of sp³-hybridized carbons (Fsp3) is 0.458. The summed E-state index contributed by atoms with van der Waals surface area (Å²) in [5.74, 6) is 1.63. The lowest BCUT2D eigenvalue weighted by atomic mass is 9.98. The van der Waals surface area contributed by atoms with Gasteiger partial charge in [0.25, 0.3) is 5.91 Å². The monoisotopic (exact) mass is 500 g/mol. The van der Waals surface area contributed by atoms with Crippen molar-refractivity contribution in [3.8, 4) is 18.1 Å². The highest BCUT2D eigenvalue weighted by Gasteiger charge is 2.44. The first-order valence-corrected chi connectivity index (χ1v) is 13.3. The van der Waals surface area contributed by atoms with Gasteiger partial charge in [-0.15, -0.1) is 6.42 Å². The van der Waals surface area contributed by atoms with Crippen LogP contribution in [0.25, 0.3) is 10.9 Å². The molecule has 4 rings (SSSR count).